The normalized spacial score (nSPS) is 15.8. The Morgan fingerprint density at radius 3 is 2.72 bits per heavy atom. The number of esters is 1. The molecule has 1 heterocycles. The van der Waals surface area contributed by atoms with Crippen molar-refractivity contribution in [1.29, 1.82) is 0 Å². The van der Waals surface area contributed by atoms with Gasteiger partial charge in [-0.2, -0.15) is 0 Å². The maximum atomic E-state index is 11.8. The highest BCUT2D eigenvalue weighted by Gasteiger charge is 2.35. The second-order valence-electron chi connectivity index (χ2n) is 5.29. The van der Waals surface area contributed by atoms with E-state index in [2.05, 4.69) is 10.3 Å². The maximum Gasteiger partial charge on any atom is 0.360 e. The molecule has 0 aliphatic heterocycles. The van der Waals surface area contributed by atoms with Crippen LogP contribution in [0.1, 0.15) is 55.7 Å². The van der Waals surface area contributed by atoms with Crippen LogP contribution in [0.5, 0.6) is 0 Å². The zero-order valence-corrected chi connectivity index (χ0v) is 11.0. The quantitative estimate of drug-likeness (QED) is 0.795. The van der Waals surface area contributed by atoms with E-state index in [-0.39, 0.29) is 0 Å². The van der Waals surface area contributed by atoms with Crippen molar-refractivity contribution in [3.63, 3.8) is 0 Å². The van der Waals surface area contributed by atoms with Crippen LogP contribution >= 0.6 is 0 Å². The zero-order valence-electron chi connectivity index (χ0n) is 11.0. The van der Waals surface area contributed by atoms with E-state index >= 15 is 0 Å². The Kier molecular flexibility index (Phi) is 3.38. The molecular formula is C12H19N3O3. The maximum absolute atomic E-state index is 11.8. The van der Waals surface area contributed by atoms with Gasteiger partial charge < -0.3 is 9.84 Å². The van der Waals surface area contributed by atoms with Crippen LogP contribution in [0.4, 0.5) is 0 Å². The highest BCUT2D eigenvalue weighted by atomic mass is 16.5. The van der Waals surface area contributed by atoms with Crippen LogP contribution in [0, 0.1) is 0 Å². The van der Waals surface area contributed by atoms with E-state index in [9.17, 15) is 9.90 Å². The number of hydrogen-bond acceptors (Lipinski definition) is 5. The molecule has 0 spiro atoms. The summed E-state index contributed by atoms with van der Waals surface area (Å²) in [6, 6.07) is 0. The van der Waals surface area contributed by atoms with Crippen molar-refractivity contribution >= 4 is 5.97 Å². The lowest BCUT2D eigenvalue weighted by atomic mass is 10.1. The lowest BCUT2D eigenvalue weighted by molar-refractivity contribution is 0.0510. The first-order chi connectivity index (χ1) is 8.42. The average molecular weight is 253 g/mol. The van der Waals surface area contributed by atoms with Crippen molar-refractivity contribution < 1.29 is 14.6 Å². The van der Waals surface area contributed by atoms with E-state index in [4.69, 9.17) is 4.74 Å². The van der Waals surface area contributed by atoms with E-state index in [1.54, 1.807) is 25.5 Å². The number of aromatic nitrogens is 3. The molecular weight excluding hydrogens is 234 g/mol. The molecule has 1 aromatic heterocycles. The molecule has 0 atom stereocenters. The van der Waals surface area contributed by atoms with Gasteiger partial charge in [-0.3, -0.25) is 0 Å². The summed E-state index contributed by atoms with van der Waals surface area (Å²) in [5.74, 6) is -0.108. The van der Waals surface area contributed by atoms with Crippen LogP contribution in [0.25, 0.3) is 0 Å². The summed E-state index contributed by atoms with van der Waals surface area (Å²) < 4.78 is 6.60. The summed E-state index contributed by atoms with van der Waals surface area (Å²) in [6.45, 7) is 5.81. The fourth-order valence-corrected chi connectivity index (χ4v) is 1.91. The Labute approximate surface area is 106 Å². The molecule has 100 valence electrons. The molecule has 0 amide bonds. The molecule has 1 aliphatic carbocycles. The number of aliphatic hydroxyl groups is 1. The van der Waals surface area contributed by atoms with Crippen molar-refractivity contribution in [2.24, 2.45) is 0 Å². The topological polar surface area (TPSA) is 77.2 Å². The van der Waals surface area contributed by atoms with Crippen LogP contribution in [0.2, 0.25) is 0 Å². The zero-order chi connectivity index (χ0) is 13.3. The average Bonchev–Trinajstić information content (AvgIpc) is 2.99. The molecule has 2 rings (SSSR count). The van der Waals surface area contributed by atoms with Gasteiger partial charge in [0.2, 0.25) is 0 Å². The Bertz CT molecular complexity index is 444. The molecule has 1 aliphatic rings. The standard InChI is InChI=1S/C12H19N3O3/c1-4-18-11(16)9-10(8-5-6-8)15(14-13-9)7-12(2,3)17/h8,17H,4-7H2,1-3H3. The summed E-state index contributed by atoms with van der Waals surface area (Å²) in [5, 5.41) is 17.7. The third kappa shape index (κ3) is 2.87. The molecule has 1 aromatic rings. The molecule has 1 fully saturated rings. The summed E-state index contributed by atoms with van der Waals surface area (Å²) in [6.07, 6.45) is 2.07. The Morgan fingerprint density at radius 2 is 2.22 bits per heavy atom. The SMILES string of the molecule is CCOC(=O)c1nnn(CC(C)(C)O)c1C1CC1. The van der Waals surface area contributed by atoms with E-state index in [0.29, 0.717) is 24.8 Å². The van der Waals surface area contributed by atoms with Crippen LogP contribution in [-0.2, 0) is 11.3 Å². The van der Waals surface area contributed by atoms with E-state index in [1.165, 1.54) is 0 Å². The van der Waals surface area contributed by atoms with Gasteiger partial charge in [0.05, 0.1) is 24.4 Å². The van der Waals surface area contributed by atoms with Gasteiger partial charge in [-0.15, -0.1) is 5.10 Å². The number of carbonyl (C=O) groups is 1. The van der Waals surface area contributed by atoms with Gasteiger partial charge in [0.15, 0.2) is 5.69 Å². The molecule has 6 nitrogen and oxygen atoms in total. The highest BCUT2D eigenvalue weighted by molar-refractivity contribution is 5.88. The van der Waals surface area contributed by atoms with Gasteiger partial charge in [-0.25, -0.2) is 9.48 Å². The highest BCUT2D eigenvalue weighted by Crippen LogP contribution is 2.41. The molecule has 6 heteroatoms. The smallest absolute Gasteiger partial charge is 0.360 e. The minimum Gasteiger partial charge on any atom is -0.461 e. The van der Waals surface area contributed by atoms with E-state index < -0.39 is 11.6 Å². The van der Waals surface area contributed by atoms with Gasteiger partial charge in [0, 0.05) is 5.92 Å². The molecule has 0 bridgehead atoms. The first-order valence-corrected chi connectivity index (χ1v) is 6.25. The number of ether oxygens (including phenoxy) is 1. The number of rotatable bonds is 5. The molecule has 0 unspecified atom stereocenters. The fourth-order valence-electron chi connectivity index (χ4n) is 1.91. The number of nitrogens with zero attached hydrogens (tertiary/aromatic N) is 3. The van der Waals surface area contributed by atoms with Gasteiger partial charge in [-0.1, -0.05) is 5.21 Å². The van der Waals surface area contributed by atoms with Crippen molar-refractivity contribution in [3.05, 3.63) is 11.4 Å². The third-order valence-corrected chi connectivity index (χ3v) is 2.74. The minimum atomic E-state index is -0.886. The van der Waals surface area contributed by atoms with Gasteiger partial charge in [0.1, 0.15) is 0 Å². The van der Waals surface area contributed by atoms with Crippen molar-refractivity contribution in [2.75, 3.05) is 6.61 Å². The molecule has 0 aromatic carbocycles. The van der Waals surface area contributed by atoms with Gasteiger partial charge in [-0.05, 0) is 33.6 Å². The lowest BCUT2D eigenvalue weighted by Gasteiger charge is -2.18. The van der Waals surface area contributed by atoms with Crippen LogP contribution in [0.3, 0.4) is 0 Å². The van der Waals surface area contributed by atoms with E-state index in [0.717, 1.165) is 18.5 Å². The van der Waals surface area contributed by atoms with Crippen LogP contribution in [0.15, 0.2) is 0 Å². The summed E-state index contributed by atoms with van der Waals surface area (Å²) >= 11 is 0. The predicted octanol–water partition coefficient (Wildman–Crippen LogP) is 1.10. The third-order valence-electron chi connectivity index (χ3n) is 2.74. The van der Waals surface area contributed by atoms with Crippen LogP contribution in [-0.4, -0.2) is 38.3 Å². The van der Waals surface area contributed by atoms with Crippen LogP contribution < -0.4 is 0 Å². The second-order valence-corrected chi connectivity index (χ2v) is 5.29. The van der Waals surface area contributed by atoms with E-state index in [1.807, 2.05) is 0 Å². The number of hydrogen-bond donors (Lipinski definition) is 1. The summed E-state index contributed by atoms with van der Waals surface area (Å²) in [7, 11) is 0. The molecule has 1 saturated carbocycles. The van der Waals surface area contributed by atoms with Crippen molar-refractivity contribution in [2.45, 2.75) is 51.7 Å². The Morgan fingerprint density at radius 1 is 1.56 bits per heavy atom. The monoisotopic (exact) mass is 253 g/mol. The largest absolute Gasteiger partial charge is 0.461 e. The van der Waals surface area contributed by atoms with Crippen molar-refractivity contribution in [3.8, 4) is 0 Å². The summed E-state index contributed by atoms with van der Waals surface area (Å²) in [4.78, 5) is 11.8. The second kappa shape index (κ2) is 4.68. The Hall–Kier alpha value is -1.43. The summed E-state index contributed by atoms with van der Waals surface area (Å²) in [5.41, 5.74) is 0.211. The van der Waals surface area contributed by atoms with Gasteiger partial charge >= 0.3 is 5.97 Å². The predicted molar refractivity (Wildman–Crippen MR) is 64.3 cm³/mol. The molecule has 18 heavy (non-hydrogen) atoms. The first kappa shape index (κ1) is 13.0. The lowest BCUT2D eigenvalue weighted by Crippen LogP contribution is -2.28. The number of carbonyl (C=O) groups excluding carboxylic acids is 1. The molecule has 1 N–H and O–H groups in total. The van der Waals surface area contributed by atoms with Crippen molar-refractivity contribution in [1.82, 2.24) is 15.0 Å². The fraction of sp³-hybridized carbons (Fsp3) is 0.750. The minimum absolute atomic E-state index is 0.295. The van der Waals surface area contributed by atoms with Gasteiger partial charge in [0.25, 0.3) is 0 Å². The first-order valence-electron chi connectivity index (χ1n) is 6.25. The Balaban J connectivity index is 2.28. The molecule has 0 saturated heterocycles. The molecule has 0 radical (unpaired) electrons.